The fourth-order valence-corrected chi connectivity index (χ4v) is 3.78. The maximum Gasteiger partial charge on any atom is 0.234 e. The largest absolute Gasteiger partial charge is 0.497 e. The highest BCUT2D eigenvalue weighted by Gasteiger charge is 2.16. The Kier molecular flexibility index (Phi) is 7.28. The Bertz CT molecular complexity index is 720. The molecule has 1 amide bonds. The first-order valence-corrected chi connectivity index (χ1v) is 9.53. The average molecular weight is 427 g/mol. The summed E-state index contributed by atoms with van der Waals surface area (Å²) in [5.41, 5.74) is 2.08. The lowest BCUT2D eigenvalue weighted by molar-refractivity contribution is -0.122. The Morgan fingerprint density at radius 1 is 1.32 bits per heavy atom. The summed E-state index contributed by atoms with van der Waals surface area (Å²) in [5, 5.41) is 5.11. The molecular formula is C18H23BrN2O3S. The highest BCUT2D eigenvalue weighted by atomic mass is 79.9. The third-order valence-electron chi connectivity index (χ3n) is 3.77. The summed E-state index contributed by atoms with van der Waals surface area (Å²) in [5.74, 6) is 1.43. The van der Waals surface area contributed by atoms with Crippen molar-refractivity contribution in [2.75, 3.05) is 27.8 Å². The lowest BCUT2D eigenvalue weighted by Crippen LogP contribution is -2.36. The van der Waals surface area contributed by atoms with Gasteiger partial charge in [-0.3, -0.25) is 9.69 Å². The molecule has 1 N–H and O–H groups in total. The van der Waals surface area contributed by atoms with Crippen LogP contribution in [0.3, 0.4) is 0 Å². The lowest BCUT2D eigenvalue weighted by atomic mass is 10.1. The second kappa shape index (κ2) is 9.22. The van der Waals surface area contributed by atoms with Crippen molar-refractivity contribution in [2.24, 2.45) is 0 Å². The van der Waals surface area contributed by atoms with Gasteiger partial charge < -0.3 is 14.8 Å². The zero-order chi connectivity index (χ0) is 18.4. The summed E-state index contributed by atoms with van der Waals surface area (Å²) in [6.45, 7) is 2.99. The van der Waals surface area contributed by atoms with Crippen LogP contribution in [0.4, 0.5) is 0 Å². The Morgan fingerprint density at radius 2 is 2.08 bits per heavy atom. The highest BCUT2D eigenvalue weighted by Crippen LogP contribution is 2.29. The number of likely N-dealkylation sites (N-methyl/N-ethyl adjacent to an activating group) is 1. The number of rotatable bonds is 8. The van der Waals surface area contributed by atoms with Crippen LogP contribution < -0.4 is 14.8 Å². The molecule has 0 spiro atoms. The fraction of sp³-hybridized carbons (Fsp3) is 0.389. The number of hydrogen-bond acceptors (Lipinski definition) is 5. The molecule has 1 aromatic heterocycles. The fourth-order valence-electron chi connectivity index (χ4n) is 2.58. The van der Waals surface area contributed by atoms with Crippen LogP contribution in [-0.4, -0.2) is 38.6 Å². The summed E-state index contributed by atoms with van der Waals surface area (Å²) >= 11 is 5.10. The number of nitrogens with one attached hydrogen (secondary N) is 1. The molecule has 1 unspecified atom stereocenters. The molecule has 2 aromatic rings. The molecule has 1 aromatic carbocycles. The molecule has 0 aliphatic carbocycles. The number of methoxy groups -OCH3 is 2. The molecule has 1 heterocycles. The molecule has 2 rings (SSSR count). The van der Waals surface area contributed by atoms with E-state index in [0.717, 1.165) is 27.4 Å². The monoisotopic (exact) mass is 426 g/mol. The molecule has 0 aliphatic heterocycles. The minimum Gasteiger partial charge on any atom is -0.497 e. The van der Waals surface area contributed by atoms with E-state index in [2.05, 4.69) is 32.7 Å². The number of benzene rings is 1. The van der Waals surface area contributed by atoms with Crippen molar-refractivity contribution in [1.29, 1.82) is 0 Å². The van der Waals surface area contributed by atoms with Gasteiger partial charge in [0.2, 0.25) is 5.91 Å². The molecule has 0 bridgehead atoms. The third-order valence-corrected chi connectivity index (χ3v) is 5.32. The standard InChI is InChI=1S/C18H23BrN2O3S/c1-12(15-8-14(23-3)5-6-16(15)24-4)20-18(22)10-21(2)9-13-7-17(19)25-11-13/h5-8,11-12H,9-10H2,1-4H3,(H,20,22). The maximum atomic E-state index is 12.4. The van der Waals surface area contributed by atoms with Crippen LogP contribution in [0, 0.1) is 0 Å². The molecule has 0 radical (unpaired) electrons. The predicted molar refractivity (Wildman–Crippen MR) is 104 cm³/mol. The van der Waals surface area contributed by atoms with Crippen LogP contribution in [0.2, 0.25) is 0 Å². The predicted octanol–water partition coefficient (Wildman–Crippen LogP) is 3.84. The number of nitrogens with zero attached hydrogens (tertiary/aromatic N) is 1. The molecule has 0 saturated carbocycles. The maximum absolute atomic E-state index is 12.4. The van der Waals surface area contributed by atoms with E-state index in [-0.39, 0.29) is 11.9 Å². The number of hydrogen-bond donors (Lipinski definition) is 1. The number of halogens is 1. The van der Waals surface area contributed by atoms with Gasteiger partial charge in [-0.05, 0) is 65.1 Å². The van der Waals surface area contributed by atoms with Crippen LogP contribution in [-0.2, 0) is 11.3 Å². The summed E-state index contributed by atoms with van der Waals surface area (Å²) in [4.78, 5) is 14.3. The van der Waals surface area contributed by atoms with E-state index >= 15 is 0 Å². The van der Waals surface area contributed by atoms with Gasteiger partial charge in [0.1, 0.15) is 11.5 Å². The lowest BCUT2D eigenvalue weighted by Gasteiger charge is -2.20. The van der Waals surface area contributed by atoms with E-state index in [9.17, 15) is 4.79 Å². The van der Waals surface area contributed by atoms with Crippen molar-refractivity contribution in [3.05, 3.63) is 44.6 Å². The topological polar surface area (TPSA) is 50.8 Å². The molecule has 0 fully saturated rings. The van der Waals surface area contributed by atoms with Gasteiger partial charge in [0.05, 0.1) is 30.6 Å². The first kappa shape index (κ1) is 19.8. The van der Waals surface area contributed by atoms with Crippen LogP contribution in [0.15, 0.2) is 33.4 Å². The van der Waals surface area contributed by atoms with Crippen molar-refractivity contribution in [3.8, 4) is 11.5 Å². The van der Waals surface area contributed by atoms with E-state index in [1.807, 2.05) is 37.1 Å². The normalized spacial score (nSPS) is 12.1. The zero-order valence-electron chi connectivity index (χ0n) is 14.8. The van der Waals surface area contributed by atoms with Gasteiger partial charge in [0.15, 0.2) is 0 Å². The molecule has 136 valence electrons. The Hall–Kier alpha value is -1.57. The van der Waals surface area contributed by atoms with Gasteiger partial charge in [-0.15, -0.1) is 11.3 Å². The van der Waals surface area contributed by atoms with Crippen LogP contribution in [0.25, 0.3) is 0 Å². The highest BCUT2D eigenvalue weighted by molar-refractivity contribution is 9.11. The van der Waals surface area contributed by atoms with E-state index in [4.69, 9.17) is 9.47 Å². The zero-order valence-corrected chi connectivity index (χ0v) is 17.2. The van der Waals surface area contributed by atoms with E-state index in [0.29, 0.717) is 6.54 Å². The van der Waals surface area contributed by atoms with Gasteiger partial charge >= 0.3 is 0 Å². The van der Waals surface area contributed by atoms with E-state index in [1.165, 1.54) is 5.56 Å². The molecule has 1 atom stereocenters. The van der Waals surface area contributed by atoms with Crippen LogP contribution in [0.1, 0.15) is 24.1 Å². The minimum atomic E-state index is -0.179. The summed E-state index contributed by atoms with van der Waals surface area (Å²) < 4.78 is 11.7. The second-order valence-corrected chi connectivity index (χ2v) is 8.12. The van der Waals surface area contributed by atoms with Gasteiger partial charge in [0, 0.05) is 12.1 Å². The minimum absolute atomic E-state index is 0.0332. The van der Waals surface area contributed by atoms with Crippen molar-refractivity contribution < 1.29 is 14.3 Å². The smallest absolute Gasteiger partial charge is 0.234 e. The second-order valence-electron chi connectivity index (χ2n) is 5.83. The number of thiophene rings is 1. The SMILES string of the molecule is COc1ccc(OC)c(C(C)NC(=O)CN(C)Cc2csc(Br)c2)c1. The summed E-state index contributed by atoms with van der Waals surface area (Å²) in [6, 6.07) is 7.46. The van der Waals surface area contributed by atoms with Crippen molar-refractivity contribution in [3.63, 3.8) is 0 Å². The first-order valence-electron chi connectivity index (χ1n) is 7.85. The quantitative estimate of drug-likeness (QED) is 0.696. The summed E-state index contributed by atoms with van der Waals surface area (Å²) in [7, 11) is 5.17. The summed E-state index contributed by atoms with van der Waals surface area (Å²) in [6.07, 6.45) is 0. The number of carbonyl (C=O) groups excluding carboxylic acids is 1. The van der Waals surface area contributed by atoms with Crippen LogP contribution in [0.5, 0.6) is 11.5 Å². The van der Waals surface area contributed by atoms with E-state index < -0.39 is 0 Å². The van der Waals surface area contributed by atoms with E-state index in [1.54, 1.807) is 25.6 Å². The van der Waals surface area contributed by atoms with Crippen molar-refractivity contribution >= 4 is 33.2 Å². The molecule has 0 saturated heterocycles. The van der Waals surface area contributed by atoms with Gasteiger partial charge in [-0.1, -0.05) is 0 Å². The Morgan fingerprint density at radius 3 is 2.68 bits per heavy atom. The molecule has 5 nitrogen and oxygen atoms in total. The Labute approximate surface area is 161 Å². The van der Waals surface area contributed by atoms with Gasteiger partial charge in [0.25, 0.3) is 0 Å². The number of ether oxygens (including phenoxy) is 2. The van der Waals surface area contributed by atoms with Crippen molar-refractivity contribution in [1.82, 2.24) is 10.2 Å². The molecular weight excluding hydrogens is 404 g/mol. The number of amides is 1. The van der Waals surface area contributed by atoms with Crippen LogP contribution >= 0.6 is 27.3 Å². The molecule has 7 heteroatoms. The average Bonchev–Trinajstić information content (AvgIpc) is 2.98. The molecule has 25 heavy (non-hydrogen) atoms. The third kappa shape index (κ3) is 5.73. The number of carbonyl (C=O) groups is 1. The molecule has 0 aliphatic rings. The van der Waals surface area contributed by atoms with Gasteiger partial charge in [-0.25, -0.2) is 0 Å². The van der Waals surface area contributed by atoms with Gasteiger partial charge in [-0.2, -0.15) is 0 Å². The van der Waals surface area contributed by atoms with Crippen molar-refractivity contribution in [2.45, 2.75) is 19.5 Å². The Balaban J connectivity index is 1.95. The first-order chi connectivity index (χ1) is 11.9.